The van der Waals surface area contributed by atoms with Gasteiger partial charge in [0.1, 0.15) is 5.75 Å². The zero-order chi connectivity index (χ0) is 23.6. The molecule has 0 spiro atoms. The summed E-state index contributed by atoms with van der Waals surface area (Å²) in [7, 11) is -1.79. The molecule has 6 heteroatoms. The number of benzene rings is 1. The van der Waals surface area contributed by atoms with Crippen molar-refractivity contribution in [1.82, 2.24) is 4.98 Å². The van der Waals surface area contributed by atoms with Crippen LogP contribution in [0.25, 0.3) is 0 Å². The van der Waals surface area contributed by atoms with Crippen LogP contribution in [0.4, 0.5) is 5.69 Å². The predicted molar refractivity (Wildman–Crippen MR) is 136 cm³/mol. The van der Waals surface area contributed by atoms with Gasteiger partial charge >= 0.3 is 0 Å². The summed E-state index contributed by atoms with van der Waals surface area (Å²) >= 11 is 6.18. The minimum absolute atomic E-state index is 0.198. The fourth-order valence-electron chi connectivity index (χ4n) is 3.12. The Labute approximate surface area is 194 Å². The van der Waals surface area contributed by atoms with E-state index in [0.717, 1.165) is 40.2 Å². The van der Waals surface area contributed by atoms with Crippen molar-refractivity contribution >= 4 is 25.6 Å². The van der Waals surface area contributed by atoms with Crippen LogP contribution in [-0.4, -0.2) is 26.0 Å². The van der Waals surface area contributed by atoms with Crippen molar-refractivity contribution in [2.45, 2.75) is 86.0 Å². The van der Waals surface area contributed by atoms with E-state index in [1.54, 1.807) is 0 Å². The summed E-state index contributed by atoms with van der Waals surface area (Å²) in [6.45, 7) is 22.3. The number of ether oxygens (including phenoxy) is 1. The first kappa shape index (κ1) is 25.7. The van der Waals surface area contributed by atoms with E-state index in [1.807, 2.05) is 39.8 Å². The molecular weight excluding hydrogens is 424 g/mol. The highest BCUT2D eigenvalue weighted by Gasteiger charge is 2.37. The Kier molecular flexibility index (Phi) is 8.23. The SMILES string of the molecule is CCC(CO[Si](C)(C)C(C)(C)C)Nc1cc(C)nc(Oc2c(C)cc(Cl)cc2C)c1C. The number of hydrogen-bond acceptors (Lipinski definition) is 4. The molecule has 0 bridgehead atoms. The summed E-state index contributed by atoms with van der Waals surface area (Å²) in [4.78, 5) is 4.66. The van der Waals surface area contributed by atoms with E-state index in [4.69, 9.17) is 20.8 Å². The lowest BCUT2D eigenvalue weighted by Gasteiger charge is -2.37. The number of hydrogen-bond donors (Lipinski definition) is 1. The van der Waals surface area contributed by atoms with Crippen molar-refractivity contribution in [3.8, 4) is 11.6 Å². The first-order valence-electron chi connectivity index (χ1n) is 11.1. The fourth-order valence-corrected chi connectivity index (χ4v) is 4.50. The van der Waals surface area contributed by atoms with Gasteiger partial charge in [0.2, 0.25) is 5.88 Å². The van der Waals surface area contributed by atoms with Gasteiger partial charge in [-0.2, -0.15) is 0 Å². The number of nitrogens with zero attached hydrogens (tertiary/aromatic N) is 1. The molecule has 0 amide bonds. The minimum atomic E-state index is -1.79. The van der Waals surface area contributed by atoms with E-state index in [9.17, 15) is 0 Å². The molecule has 1 atom stereocenters. The number of pyridine rings is 1. The second-order valence-electron chi connectivity index (χ2n) is 10.0. The second-order valence-corrected chi connectivity index (χ2v) is 15.3. The van der Waals surface area contributed by atoms with Crippen molar-refractivity contribution < 1.29 is 9.16 Å². The van der Waals surface area contributed by atoms with Crippen molar-refractivity contribution in [2.75, 3.05) is 11.9 Å². The number of aromatic nitrogens is 1. The highest BCUT2D eigenvalue weighted by Crippen LogP contribution is 2.37. The van der Waals surface area contributed by atoms with Gasteiger partial charge in [0.15, 0.2) is 8.32 Å². The molecule has 172 valence electrons. The molecule has 0 saturated heterocycles. The zero-order valence-corrected chi connectivity index (χ0v) is 22.6. The second kappa shape index (κ2) is 9.93. The van der Waals surface area contributed by atoms with Gasteiger partial charge < -0.3 is 14.5 Å². The summed E-state index contributed by atoms with van der Waals surface area (Å²) in [5.41, 5.74) is 4.93. The Hall–Kier alpha value is -1.56. The van der Waals surface area contributed by atoms with Crippen LogP contribution in [0.1, 0.15) is 56.5 Å². The number of halogens is 1. The molecule has 4 nitrogen and oxygen atoms in total. The monoisotopic (exact) mass is 462 g/mol. The third-order valence-electron chi connectivity index (χ3n) is 6.28. The van der Waals surface area contributed by atoms with E-state index in [2.05, 4.69) is 57.2 Å². The van der Waals surface area contributed by atoms with E-state index in [-0.39, 0.29) is 11.1 Å². The molecule has 0 fully saturated rings. The quantitative estimate of drug-likeness (QED) is 0.404. The lowest BCUT2D eigenvalue weighted by atomic mass is 10.1. The molecule has 2 rings (SSSR count). The van der Waals surface area contributed by atoms with Crippen LogP contribution in [0, 0.1) is 27.7 Å². The molecule has 1 aromatic heterocycles. The van der Waals surface area contributed by atoms with Crippen LogP contribution in [0.2, 0.25) is 23.2 Å². The van der Waals surface area contributed by atoms with E-state index in [0.29, 0.717) is 17.5 Å². The number of rotatable bonds is 8. The molecule has 1 unspecified atom stereocenters. The molecular formula is C25H39ClN2O2Si. The third-order valence-corrected chi connectivity index (χ3v) is 11.0. The smallest absolute Gasteiger partial charge is 0.224 e. The largest absolute Gasteiger partial charge is 0.438 e. The summed E-state index contributed by atoms with van der Waals surface area (Å²) in [6, 6.07) is 6.14. The fraction of sp³-hybridized carbons (Fsp3) is 0.560. The standard InChI is InChI=1S/C25H39ClN2O2Si/c1-11-21(15-29-31(9,10)25(6,7)8)28-22-14-18(4)27-24(19(22)5)30-23-16(2)12-20(26)13-17(23)3/h12-14,21H,11,15H2,1-10H3,(H,27,28). The van der Waals surface area contributed by atoms with Gasteiger partial charge in [-0.05, 0) is 81.6 Å². The average Bonchev–Trinajstić information content (AvgIpc) is 2.63. The number of anilines is 1. The van der Waals surface area contributed by atoms with Crippen LogP contribution in [0.5, 0.6) is 11.6 Å². The van der Waals surface area contributed by atoms with Gasteiger partial charge in [0.05, 0.1) is 6.61 Å². The Morgan fingerprint density at radius 3 is 2.16 bits per heavy atom. The first-order chi connectivity index (χ1) is 14.2. The molecule has 1 aromatic carbocycles. The van der Waals surface area contributed by atoms with Crippen LogP contribution in [0.15, 0.2) is 18.2 Å². The van der Waals surface area contributed by atoms with Crippen molar-refractivity contribution in [1.29, 1.82) is 0 Å². The van der Waals surface area contributed by atoms with Gasteiger partial charge in [-0.3, -0.25) is 0 Å². The number of aryl methyl sites for hydroxylation is 3. The van der Waals surface area contributed by atoms with Gasteiger partial charge in [-0.1, -0.05) is 39.3 Å². The molecule has 0 aliphatic rings. The van der Waals surface area contributed by atoms with Crippen LogP contribution >= 0.6 is 11.6 Å². The summed E-state index contributed by atoms with van der Waals surface area (Å²) in [6.07, 6.45) is 0.973. The zero-order valence-electron chi connectivity index (χ0n) is 20.9. The third kappa shape index (κ3) is 6.47. The van der Waals surface area contributed by atoms with Crippen LogP contribution in [-0.2, 0) is 4.43 Å². The summed E-state index contributed by atoms with van der Waals surface area (Å²) in [5, 5.41) is 4.59. The molecule has 0 radical (unpaired) electrons. The summed E-state index contributed by atoms with van der Waals surface area (Å²) < 4.78 is 12.8. The maximum atomic E-state index is 6.47. The van der Waals surface area contributed by atoms with E-state index < -0.39 is 8.32 Å². The lowest BCUT2D eigenvalue weighted by Crippen LogP contribution is -2.43. The average molecular weight is 463 g/mol. The Bertz CT molecular complexity index is 899. The van der Waals surface area contributed by atoms with Crippen LogP contribution in [0.3, 0.4) is 0 Å². The van der Waals surface area contributed by atoms with Crippen molar-refractivity contribution in [2.24, 2.45) is 0 Å². The van der Waals surface area contributed by atoms with Crippen molar-refractivity contribution in [3.05, 3.63) is 45.6 Å². The molecule has 0 aliphatic heterocycles. The van der Waals surface area contributed by atoms with Crippen LogP contribution < -0.4 is 10.1 Å². The first-order valence-corrected chi connectivity index (χ1v) is 14.4. The lowest BCUT2D eigenvalue weighted by molar-refractivity contribution is 0.268. The van der Waals surface area contributed by atoms with Gasteiger partial charge in [-0.25, -0.2) is 4.98 Å². The highest BCUT2D eigenvalue weighted by molar-refractivity contribution is 6.74. The Balaban J connectivity index is 2.25. The Morgan fingerprint density at radius 1 is 1.06 bits per heavy atom. The van der Waals surface area contributed by atoms with Gasteiger partial charge in [-0.15, -0.1) is 0 Å². The van der Waals surface area contributed by atoms with E-state index >= 15 is 0 Å². The van der Waals surface area contributed by atoms with Gasteiger partial charge in [0, 0.05) is 28.0 Å². The summed E-state index contributed by atoms with van der Waals surface area (Å²) in [5.74, 6) is 1.43. The minimum Gasteiger partial charge on any atom is -0.438 e. The molecule has 0 saturated carbocycles. The van der Waals surface area contributed by atoms with E-state index in [1.165, 1.54) is 0 Å². The molecule has 2 aromatic rings. The topological polar surface area (TPSA) is 43.4 Å². The maximum Gasteiger partial charge on any atom is 0.224 e. The number of nitrogens with one attached hydrogen (secondary N) is 1. The molecule has 31 heavy (non-hydrogen) atoms. The molecule has 1 heterocycles. The Morgan fingerprint density at radius 2 is 1.65 bits per heavy atom. The molecule has 1 N–H and O–H groups in total. The molecule has 0 aliphatic carbocycles. The van der Waals surface area contributed by atoms with Gasteiger partial charge in [0.25, 0.3) is 0 Å². The normalized spacial score (nSPS) is 13.3. The predicted octanol–water partition coefficient (Wildman–Crippen LogP) is 7.97. The van der Waals surface area contributed by atoms with Crippen molar-refractivity contribution in [3.63, 3.8) is 0 Å². The maximum absolute atomic E-state index is 6.47. The highest BCUT2D eigenvalue weighted by atomic mass is 35.5.